The first-order valence-electron chi connectivity index (χ1n) is 11.2. The van der Waals surface area contributed by atoms with Crippen LogP contribution in [0.1, 0.15) is 47.3 Å². The summed E-state index contributed by atoms with van der Waals surface area (Å²) < 4.78 is 33.1. The molecule has 2 aliphatic rings. The number of carbonyl (C=O) groups excluding carboxylic acids is 1. The molecule has 1 aromatic heterocycles. The molecule has 1 amide bonds. The molecule has 0 spiro atoms. The monoisotopic (exact) mass is 477 g/mol. The van der Waals surface area contributed by atoms with Crippen LogP contribution in [0.25, 0.3) is 0 Å². The maximum atomic E-state index is 13.1. The summed E-state index contributed by atoms with van der Waals surface area (Å²) in [5, 5.41) is 4.78. The second-order valence-electron chi connectivity index (χ2n) is 8.41. The number of amides is 1. The Hall–Kier alpha value is -1.94. The standard InChI is InChI=1S/C23H31N3O4S2/c1-30-20-8-4-3-7-18(20)17-25-14-9-19(10-15-25)24-23(27)22-21(11-16-31-22)32(28,29)26-12-5-2-6-13-26/h3-4,7-8,11,16,19H,2,5-6,9-10,12-15,17H2,1H3,(H,24,27). The van der Waals surface area contributed by atoms with Crippen LogP contribution in [0, 0.1) is 0 Å². The van der Waals surface area contributed by atoms with Crippen molar-refractivity contribution in [3.05, 3.63) is 46.2 Å². The molecule has 1 N–H and O–H groups in total. The van der Waals surface area contributed by atoms with Crippen LogP contribution in [-0.4, -0.2) is 62.9 Å². The second kappa shape index (κ2) is 10.3. The van der Waals surface area contributed by atoms with Gasteiger partial charge in [0.15, 0.2) is 0 Å². The van der Waals surface area contributed by atoms with E-state index in [9.17, 15) is 13.2 Å². The van der Waals surface area contributed by atoms with E-state index < -0.39 is 10.0 Å². The van der Waals surface area contributed by atoms with Crippen molar-refractivity contribution < 1.29 is 17.9 Å². The van der Waals surface area contributed by atoms with Gasteiger partial charge in [-0.3, -0.25) is 9.69 Å². The number of ether oxygens (including phenoxy) is 1. The summed E-state index contributed by atoms with van der Waals surface area (Å²) in [5.41, 5.74) is 1.16. The van der Waals surface area contributed by atoms with Gasteiger partial charge in [-0.25, -0.2) is 8.42 Å². The number of piperidine rings is 2. The molecule has 174 valence electrons. The van der Waals surface area contributed by atoms with Crippen molar-refractivity contribution in [1.29, 1.82) is 0 Å². The van der Waals surface area contributed by atoms with Crippen LogP contribution in [0.5, 0.6) is 5.75 Å². The van der Waals surface area contributed by atoms with Crippen LogP contribution < -0.4 is 10.1 Å². The fraction of sp³-hybridized carbons (Fsp3) is 0.522. The van der Waals surface area contributed by atoms with Gasteiger partial charge in [0.25, 0.3) is 5.91 Å². The molecular weight excluding hydrogens is 446 g/mol. The molecule has 3 heterocycles. The summed E-state index contributed by atoms with van der Waals surface area (Å²) in [5.74, 6) is 0.613. The number of hydrogen-bond acceptors (Lipinski definition) is 6. The number of hydrogen-bond donors (Lipinski definition) is 1. The molecule has 9 heteroatoms. The first kappa shape index (κ1) is 23.2. The van der Waals surface area contributed by atoms with Crippen molar-refractivity contribution in [3.8, 4) is 5.75 Å². The van der Waals surface area contributed by atoms with E-state index in [-0.39, 0.29) is 16.8 Å². The van der Waals surface area contributed by atoms with Crippen molar-refractivity contribution in [2.24, 2.45) is 0 Å². The van der Waals surface area contributed by atoms with Gasteiger partial charge < -0.3 is 10.1 Å². The van der Waals surface area contributed by atoms with Gasteiger partial charge in [-0.2, -0.15) is 4.31 Å². The van der Waals surface area contributed by atoms with Crippen molar-refractivity contribution in [1.82, 2.24) is 14.5 Å². The SMILES string of the molecule is COc1ccccc1CN1CCC(NC(=O)c2sccc2S(=O)(=O)N2CCCCC2)CC1. The predicted molar refractivity (Wildman–Crippen MR) is 126 cm³/mol. The molecule has 2 saturated heterocycles. The highest BCUT2D eigenvalue weighted by molar-refractivity contribution is 7.89. The van der Waals surface area contributed by atoms with E-state index in [1.165, 1.54) is 15.6 Å². The Kier molecular flexibility index (Phi) is 7.50. The van der Waals surface area contributed by atoms with Gasteiger partial charge in [-0.15, -0.1) is 11.3 Å². The average Bonchev–Trinajstić information content (AvgIpc) is 3.32. The molecule has 2 aromatic rings. The summed E-state index contributed by atoms with van der Waals surface area (Å²) in [6, 6.07) is 9.64. The quantitative estimate of drug-likeness (QED) is 0.662. The number of thiophene rings is 1. The van der Waals surface area contributed by atoms with E-state index in [1.807, 2.05) is 18.2 Å². The minimum Gasteiger partial charge on any atom is -0.496 e. The van der Waals surface area contributed by atoms with E-state index in [0.717, 1.165) is 63.1 Å². The molecular formula is C23H31N3O4S2. The smallest absolute Gasteiger partial charge is 0.262 e. The van der Waals surface area contributed by atoms with E-state index in [2.05, 4.69) is 16.3 Å². The Bertz CT molecular complexity index is 1020. The highest BCUT2D eigenvalue weighted by Gasteiger charge is 2.32. The van der Waals surface area contributed by atoms with E-state index in [1.54, 1.807) is 18.6 Å². The molecule has 0 saturated carbocycles. The number of methoxy groups -OCH3 is 1. The Labute approximate surface area is 194 Å². The van der Waals surface area contributed by atoms with E-state index in [0.29, 0.717) is 18.0 Å². The van der Waals surface area contributed by atoms with Crippen LogP contribution in [-0.2, 0) is 16.6 Å². The zero-order chi connectivity index (χ0) is 22.6. The van der Waals surface area contributed by atoms with Crippen LogP contribution in [0.15, 0.2) is 40.6 Å². The number of benzene rings is 1. The van der Waals surface area contributed by atoms with Crippen LogP contribution >= 0.6 is 11.3 Å². The number of nitrogens with one attached hydrogen (secondary N) is 1. The summed E-state index contributed by atoms with van der Waals surface area (Å²) in [6.45, 7) is 3.61. The first-order valence-corrected chi connectivity index (χ1v) is 13.5. The zero-order valence-corrected chi connectivity index (χ0v) is 20.1. The molecule has 1 aromatic carbocycles. The van der Waals surface area contributed by atoms with Crippen LogP contribution in [0.3, 0.4) is 0 Å². The van der Waals surface area contributed by atoms with Crippen LogP contribution in [0.2, 0.25) is 0 Å². The predicted octanol–water partition coefficient (Wildman–Crippen LogP) is 3.33. The molecule has 32 heavy (non-hydrogen) atoms. The average molecular weight is 478 g/mol. The summed E-state index contributed by atoms with van der Waals surface area (Å²) in [6.07, 6.45) is 4.47. The number of rotatable bonds is 7. The maximum Gasteiger partial charge on any atom is 0.262 e. The minimum atomic E-state index is -3.62. The lowest BCUT2D eigenvalue weighted by Crippen LogP contribution is -2.44. The molecule has 4 rings (SSSR count). The van der Waals surface area contributed by atoms with Gasteiger partial charge in [-0.1, -0.05) is 24.6 Å². The Morgan fingerprint density at radius 2 is 1.81 bits per heavy atom. The van der Waals surface area contributed by atoms with E-state index in [4.69, 9.17) is 4.74 Å². The normalized spacial score (nSPS) is 19.0. The van der Waals surface area contributed by atoms with Crippen LogP contribution in [0.4, 0.5) is 0 Å². The second-order valence-corrected chi connectivity index (χ2v) is 11.2. The number of nitrogens with zero attached hydrogens (tertiary/aromatic N) is 2. The lowest BCUT2D eigenvalue weighted by atomic mass is 10.0. The molecule has 0 aliphatic carbocycles. The highest BCUT2D eigenvalue weighted by Crippen LogP contribution is 2.28. The lowest BCUT2D eigenvalue weighted by Gasteiger charge is -2.32. The van der Waals surface area contributed by atoms with Gasteiger partial charge in [0.05, 0.1) is 7.11 Å². The number of likely N-dealkylation sites (tertiary alicyclic amines) is 1. The van der Waals surface area contributed by atoms with Crippen molar-refractivity contribution in [2.75, 3.05) is 33.3 Å². The van der Waals surface area contributed by atoms with E-state index >= 15 is 0 Å². The third-order valence-electron chi connectivity index (χ3n) is 6.28. The molecule has 7 nitrogen and oxygen atoms in total. The molecule has 0 radical (unpaired) electrons. The molecule has 0 bridgehead atoms. The molecule has 0 unspecified atom stereocenters. The largest absolute Gasteiger partial charge is 0.496 e. The van der Waals surface area contributed by atoms with Crippen molar-refractivity contribution >= 4 is 27.3 Å². The summed E-state index contributed by atoms with van der Waals surface area (Å²) in [7, 11) is -1.94. The maximum absolute atomic E-state index is 13.1. The minimum absolute atomic E-state index is 0.0454. The van der Waals surface area contributed by atoms with Gasteiger partial charge in [-0.05, 0) is 43.2 Å². The van der Waals surface area contributed by atoms with Gasteiger partial charge in [0.2, 0.25) is 10.0 Å². The zero-order valence-electron chi connectivity index (χ0n) is 18.5. The fourth-order valence-electron chi connectivity index (χ4n) is 4.47. The third kappa shape index (κ3) is 5.17. The topological polar surface area (TPSA) is 79.0 Å². The Morgan fingerprint density at radius 1 is 1.09 bits per heavy atom. The van der Waals surface area contributed by atoms with Gasteiger partial charge in [0, 0.05) is 44.3 Å². The molecule has 2 fully saturated rings. The van der Waals surface area contributed by atoms with Crippen molar-refractivity contribution in [2.45, 2.75) is 49.6 Å². The third-order valence-corrected chi connectivity index (χ3v) is 9.26. The number of carbonyl (C=O) groups is 1. The Morgan fingerprint density at radius 3 is 2.53 bits per heavy atom. The molecule has 0 atom stereocenters. The first-order chi connectivity index (χ1) is 15.5. The number of para-hydroxylation sites is 1. The Balaban J connectivity index is 1.34. The number of sulfonamides is 1. The van der Waals surface area contributed by atoms with Gasteiger partial charge in [0.1, 0.15) is 15.5 Å². The molecule has 2 aliphatic heterocycles. The summed E-state index contributed by atoms with van der Waals surface area (Å²) in [4.78, 5) is 15.8. The van der Waals surface area contributed by atoms with Crippen molar-refractivity contribution in [3.63, 3.8) is 0 Å². The highest BCUT2D eigenvalue weighted by atomic mass is 32.2. The summed E-state index contributed by atoms with van der Waals surface area (Å²) >= 11 is 1.20. The van der Waals surface area contributed by atoms with Gasteiger partial charge >= 0.3 is 0 Å². The lowest BCUT2D eigenvalue weighted by molar-refractivity contribution is 0.0909. The fourth-order valence-corrected chi connectivity index (χ4v) is 7.29.